The van der Waals surface area contributed by atoms with Gasteiger partial charge >= 0.3 is 0 Å². The molecule has 8 heteroatoms. The number of hydrogen-bond donors (Lipinski definition) is 2. The van der Waals surface area contributed by atoms with Gasteiger partial charge < -0.3 is 19.2 Å². The summed E-state index contributed by atoms with van der Waals surface area (Å²) in [4.78, 5) is 23.5. The molecule has 1 unspecified atom stereocenters. The molecule has 0 saturated carbocycles. The summed E-state index contributed by atoms with van der Waals surface area (Å²) in [5, 5.41) is 13.2. The number of aliphatic hydroxyl groups excluding tert-OH is 1. The normalized spacial score (nSPS) is 13.1. The van der Waals surface area contributed by atoms with Gasteiger partial charge in [0.2, 0.25) is 0 Å². The number of aromatic amines is 1. The summed E-state index contributed by atoms with van der Waals surface area (Å²) in [5.74, 6) is 1.32. The minimum Gasteiger partial charge on any atom is -0.468 e. The van der Waals surface area contributed by atoms with E-state index >= 15 is 0 Å². The number of thiophene rings is 1. The third kappa shape index (κ3) is 6.01. The van der Waals surface area contributed by atoms with Gasteiger partial charge in [0, 0.05) is 17.5 Å². The maximum atomic E-state index is 13.1. The fourth-order valence-electron chi connectivity index (χ4n) is 3.86. The van der Waals surface area contributed by atoms with E-state index in [0.29, 0.717) is 35.7 Å². The predicted octanol–water partition coefficient (Wildman–Crippen LogP) is 4.73. The smallest absolute Gasteiger partial charge is 0.260 e. The molecule has 3 heterocycles. The lowest BCUT2D eigenvalue weighted by molar-refractivity contribution is -0.0577. The second-order valence-corrected chi connectivity index (χ2v) is 10.3. The summed E-state index contributed by atoms with van der Waals surface area (Å²) < 4.78 is 11.2. The molecule has 180 valence electrons. The number of aryl methyl sites for hydroxylation is 1. The Labute approximate surface area is 203 Å². The number of hydrogen-bond acceptors (Lipinski definition) is 7. The lowest BCUT2D eigenvalue weighted by Crippen LogP contribution is -2.37. The largest absolute Gasteiger partial charge is 0.468 e. The van der Waals surface area contributed by atoms with E-state index in [2.05, 4.69) is 4.98 Å². The number of fused-ring (bicyclic) bond motifs is 1. The van der Waals surface area contributed by atoms with E-state index in [-0.39, 0.29) is 17.8 Å². The molecule has 0 spiro atoms. The van der Waals surface area contributed by atoms with E-state index in [1.165, 1.54) is 11.3 Å². The highest BCUT2D eigenvalue weighted by atomic mass is 32.1. The number of nitrogens with one attached hydrogen (secondary N) is 1. The Morgan fingerprint density at radius 1 is 1.18 bits per heavy atom. The monoisotopic (exact) mass is 481 g/mol. The zero-order valence-corrected chi connectivity index (χ0v) is 20.8. The second kappa shape index (κ2) is 10.2. The number of aliphatic hydroxyl groups is 1. The molecule has 1 aromatic carbocycles. The van der Waals surface area contributed by atoms with Crippen LogP contribution in [-0.2, 0) is 17.8 Å². The molecular formula is C26H31N3O4S. The highest BCUT2D eigenvalue weighted by Gasteiger charge is 2.20. The zero-order valence-electron chi connectivity index (χ0n) is 20.0. The van der Waals surface area contributed by atoms with E-state index in [9.17, 15) is 9.90 Å². The molecule has 34 heavy (non-hydrogen) atoms. The predicted molar refractivity (Wildman–Crippen MR) is 135 cm³/mol. The first-order valence-electron chi connectivity index (χ1n) is 11.3. The molecule has 2 N–H and O–H groups in total. The third-order valence-electron chi connectivity index (χ3n) is 5.44. The van der Waals surface area contributed by atoms with E-state index in [0.717, 1.165) is 22.5 Å². The van der Waals surface area contributed by atoms with Crippen LogP contribution in [0.15, 0.2) is 57.3 Å². The number of aromatic nitrogens is 2. The molecule has 1 atom stereocenters. The van der Waals surface area contributed by atoms with E-state index < -0.39 is 6.10 Å². The van der Waals surface area contributed by atoms with Crippen molar-refractivity contribution in [1.82, 2.24) is 14.9 Å². The van der Waals surface area contributed by atoms with Gasteiger partial charge in [-0.3, -0.25) is 9.69 Å². The summed E-state index contributed by atoms with van der Waals surface area (Å²) in [6.07, 6.45) is 0.927. The van der Waals surface area contributed by atoms with Gasteiger partial charge in [-0.05, 0) is 51.0 Å². The highest BCUT2D eigenvalue weighted by Crippen LogP contribution is 2.32. The van der Waals surface area contributed by atoms with Crippen LogP contribution in [0.1, 0.15) is 37.9 Å². The van der Waals surface area contributed by atoms with Crippen molar-refractivity contribution in [3.8, 4) is 11.1 Å². The number of H-pyrrole nitrogens is 1. The minimum absolute atomic E-state index is 0.158. The van der Waals surface area contributed by atoms with Crippen molar-refractivity contribution in [2.24, 2.45) is 0 Å². The van der Waals surface area contributed by atoms with Gasteiger partial charge in [0.1, 0.15) is 16.4 Å². The van der Waals surface area contributed by atoms with Crippen molar-refractivity contribution in [1.29, 1.82) is 0 Å². The van der Waals surface area contributed by atoms with Crippen molar-refractivity contribution in [2.45, 2.75) is 52.5 Å². The first kappa shape index (κ1) is 24.3. The van der Waals surface area contributed by atoms with Crippen LogP contribution in [0.4, 0.5) is 0 Å². The summed E-state index contributed by atoms with van der Waals surface area (Å²) in [7, 11) is 0. The number of rotatable bonds is 9. The fourth-order valence-corrected chi connectivity index (χ4v) is 4.82. The Morgan fingerprint density at radius 3 is 2.68 bits per heavy atom. The summed E-state index contributed by atoms with van der Waals surface area (Å²) in [5.41, 5.74) is 2.56. The lowest BCUT2D eigenvalue weighted by Gasteiger charge is -2.26. The van der Waals surface area contributed by atoms with E-state index in [1.807, 2.05) is 74.4 Å². The van der Waals surface area contributed by atoms with Gasteiger partial charge in [-0.2, -0.15) is 0 Å². The van der Waals surface area contributed by atoms with Crippen LogP contribution in [0.5, 0.6) is 0 Å². The highest BCUT2D eigenvalue weighted by molar-refractivity contribution is 7.17. The first-order chi connectivity index (χ1) is 16.2. The molecule has 0 aliphatic rings. The molecule has 0 aliphatic heterocycles. The SMILES string of the molecule is Cc1ccccc1-c1csc2nc(CN(Cc3ccco3)CC(O)COC(C)(C)C)[nH]c(=O)c12. The third-order valence-corrected chi connectivity index (χ3v) is 6.31. The molecule has 0 saturated heterocycles. The summed E-state index contributed by atoms with van der Waals surface area (Å²) in [6, 6.07) is 11.7. The molecule has 0 aliphatic carbocycles. The van der Waals surface area contributed by atoms with Crippen LogP contribution in [0.3, 0.4) is 0 Å². The zero-order chi connectivity index (χ0) is 24.3. The molecule has 0 bridgehead atoms. The maximum absolute atomic E-state index is 13.1. The van der Waals surface area contributed by atoms with Crippen LogP contribution in [0.25, 0.3) is 21.3 Å². The summed E-state index contributed by atoms with van der Waals surface area (Å²) >= 11 is 1.47. The minimum atomic E-state index is -0.695. The van der Waals surface area contributed by atoms with Gasteiger partial charge in [-0.15, -0.1) is 11.3 Å². The number of nitrogens with zero attached hydrogens (tertiary/aromatic N) is 2. The molecule has 4 rings (SSSR count). The van der Waals surface area contributed by atoms with Gasteiger partial charge in [0.15, 0.2) is 0 Å². The fraction of sp³-hybridized carbons (Fsp3) is 0.385. The topological polar surface area (TPSA) is 91.6 Å². The Bertz CT molecular complexity index is 1290. The van der Waals surface area contributed by atoms with Crippen molar-refractivity contribution >= 4 is 21.6 Å². The molecule has 7 nitrogen and oxygen atoms in total. The maximum Gasteiger partial charge on any atom is 0.260 e. The first-order valence-corrected chi connectivity index (χ1v) is 12.2. The van der Waals surface area contributed by atoms with Gasteiger partial charge in [0.05, 0.1) is 43.1 Å². The Balaban J connectivity index is 1.58. The Hall–Kier alpha value is -2.78. The second-order valence-electron chi connectivity index (χ2n) is 9.48. The van der Waals surface area contributed by atoms with Crippen LogP contribution < -0.4 is 5.56 Å². The molecule has 4 aromatic rings. The average Bonchev–Trinajstić information content (AvgIpc) is 3.42. The van der Waals surface area contributed by atoms with E-state index in [1.54, 1.807) is 6.26 Å². The number of benzene rings is 1. The Kier molecular flexibility index (Phi) is 7.33. The van der Waals surface area contributed by atoms with Crippen molar-refractivity contribution in [3.63, 3.8) is 0 Å². The average molecular weight is 482 g/mol. The van der Waals surface area contributed by atoms with Crippen molar-refractivity contribution < 1.29 is 14.3 Å². The number of ether oxygens (including phenoxy) is 1. The molecular weight excluding hydrogens is 450 g/mol. The van der Waals surface area contributed by atoms with Crippen LogP contribution in [0.2, 0.25) is 0 Å². The standard InChI is InChI=1S/C26H31N3O4S/c1-17-8-5-6-10-20(17)21-16-34-25-23(21)24(31)27-22(28-25)14-29(13-19-9-7-11-32-19)12-18(30)15-33-26(2,3)4/h5-11,16,18,30H,12-15H2,1-4H3,(H,27,28,31). The van der Waals surface area contributed by atoms with E-state index in [4.69, 9.17) is 14.1 Å². The number of furan rings is 1. The molecule has 3 aromatic heterocycles. The van der Waals surface area contributed by atoms with Crippen molar-refractivity contribution in [3.05, 3.63) is 75.5 Å². The van der Waals surface area contributed by atoms with Crippen LogP contribution in [0, 0.1) is 6.92 Å². The van der Waals surface area contributed by atoms with Crippen LogP contribution >= 0.6 is 11.3 Å². The molecule has 0 radical (unpaired) electrons. The molecule has 0 fully saturated rings. The molecule has 0 amide bonds. The summed E-state index contributed by atoms with van der Waals surface area (Å²) in [6.45, 7) is 9.29. The van der Waals surface area contributed by atoms with Gasteiger partial charge in [-0.25, -0.2) is 4.98 Å². The van der Waals surface area contributed by atoms with Crippen molar-refractivity contribution in [2.75, 3.05) is 13.2 Å². The van der Waals surface area contributed by atoms with Gasteiger partial charge in [-0.1, -0.05) is 24.3 Å². The lowest BCUT2D eigenvalue weighted by atomic mass is 10.0. The quantitative estimate of drug-likeness (QED) is 0.359. The Morgan fingerprint density at radius 2 is 1.97 bits per heavy atom. The van der Waals surface area contributed by atoms with Gasteiger partial charge in [0.25, 0.3) is 5.56 Å². The van der Waals surface area contributed by atoms with Crippen LogP contribution in [-0.4, -0.2) is 44.8 Å².